The first-order valence-electron chi connectivity index (χ1n) is 6.76. The number of anilines is 1. The molecule has 0 aliphatic heterocycles. The highest BCUT2D eigenvalue weighted by molar-refractivity contribution is 7.10. The number of nitrogens with one attached hydrogen (secondary N) is 1. The molecule has 0 amide bonds. The SMILES string of the molecule is CCOC(=O)c1nnsc1N/N=C\c1ccc(OCC)cc1. The molecule has 7 nitrogen and oxygen atoms in total. The molecule has 0 atom stereocenters. The predicted octanol–water partition coefficient (Wildman–Crippen LogP) is 2.56. The van der Waals surface area contributed by atoms with Crippen molar-refractivity contribution in [3.63, 3.8) is 0 Å². The zero-order chi connectivity index (χ0) is 15.8. The van der Waals surface area contributed by atoms with Crippen LogP contribution in [0.3, 0.4) is 0 Å². The molecular formula is C14H16N4O3S. The van der Waals surface area contributed by atoms with Crippen LogP contribution in [0, 0.1) is 0 Å². The average Bonchev–Trinajstić information content (AvgIpc) is 2.98. The Bertz CT molecular complexity index is 640. The molecule has 1 heterocycles. The molecule has 2 rings (SSSR count). The maximum atomic E-state index is 11.6. The normalized spacial score (nSPS) is 10.6. The predicted molar refractivity (Wildman–Crippen MR) is 84.7 cm³/mol. The average molecular weight is 320 g/mol. The van der Waals surface area contributed by atoms with Gasteiger partial charge >= 0.3 is 5.97 Å². The number of carbonyl (C=O) groups is 1. The lowest BCUT2D eigenvalue weighted by Crippen LogP contribution is -2.07. The second-order valence-corrected chi connectivity index (χ2v) is 4.80. The number of nitrogens with zero attached hydrogens (tertiary/aromatic N) is 3. The minimum Gasteiger partial charge on any atom is -0.494 e. The minimum atomic E-state index is -0.519. The van der Waals surface area contributed by atoms with Crippen LogP contribution in [0.1, 0.15) is 29.9 Å². The lowest BCUT2D eigenvalue weighted by molar-refractivity contribution is 0.0520. The zero-order valence-corrected chi connectivity index (χ0v) is 13.1. The summed E-state index contributed by atoms with van der Waals surface area (Å²) in [6.07, 6.45) is 1.63. The molecule has 0 aliphatic rings. The van der Waals surface area contributed by atoms with Crippen molar-refractivity contribution in [1.82, 2.24) is 9.59 Å². The standard InChI is InChI=1S/C14H16N4O3S/c1-3-20-11-7-5-10(6-8-11)9-15-17-13-12(16-18-22-13)14(19)21-4-2/h5-9,17H,3-4H2,1-2H3/b15-9-. The van der Waals surface area contributed by atoms with E-state index in [1.165, 1.54) is 0 Å². The highest BCUT2D eigenvalue weighted by Crippen LogP contribution is 2.18. The van der Waals surface area contributed by atoms with Gasteiger partial charge in [0.05, 0.1) is 19.4 Å². The lowest BCUT2D eigenvalue weighted by atomic mass is 10.2. The van der Waals surface area contributed by atoms with Gasteiger partial charge in [-0.2, -0.15) is 5.10 Å². The molecule has 1 aromatic heterocycles. The van der Waals surface area contributed by atoms with Gasteiger partial charge in [0.15, 0.2) is 5.00 Å². The summed E-state index contributed by atoms with van der Waals surface area (Å²) in [5, 5.41) is 8.25. The topological polar surface area (TPSA) is 85.7 Å². The summed E-state index contributed by atoms with van der Waals surface area (Å²) in [5.74, 6) is 0.291. The Balaban J connectivity index is 1.98. The number of carbonyl (C=O) groups excluding carboxylic acids is 1. The summed E-state index contributed by atoms with van der Waals surface area (Å²) in [7, 11) is 0. The lowest BCUT2D eigenvalue weighted by Gasteiger charge is -2.02. The van der Waals surface area contributed by atoms with E-state index in [-0.39, 0.29) is 12.3 Å². The Morgan fingerprint density at radius 3 is 2.77 bits per heavy atom. The molecule has 1 aromatic carbocycles. The minimum absolute atomic E-state index is 0.135. The van der Waals surface area contributed by atoms with E-state index in [1.54, 1.807) is 13.1 Å². The summed E-state index contributed by atoms with van der Waals surface area (Å²) in [5.41, 5.74) is 3.78. The Labute approximate surface area is 132 Å². The molecule has 0 saturated heterocycles. The number of rotatable bonds is 7. The van der Waals surface area contributed by atoms with Crippen LogP contribution < -0.4 is 10.2 Å². The van der Waals surface area contributed by atoms with E-state index < -0.39 is 5.97 Å². The van der Waals surface area contributed by atoms with Gasteiger partial charge in [0, 0.05) is 11.5 Å². The zero-order valence-electron chi connectivity index (χ0n) is 12.3. The van der Waals surface area contributed by atoms with E-state index in [4.69, 9.17) is 9.47 Å². The van der Waals surface area contributed by atoms with E-state index in [9.17, 15) is 4.79 Å². The molecule has 0 radical (unpaired) electrons. The Morgan fingerprint density at radius 2 is 2.09 bits per heavy atom. The number of hydrazone groups is 1. The summed E-state index contributed by atoms with van der Waals surface area (Å²) in [4.78, 5) is 11.6. The van der Waals surface area contributed by atoms with Gasteiger partial charge < -0.3 is 9.47 Å². The van der Waals surface area contributed by atoms with Crippen molar-refractivity contribution in [3.8, 4) is 5.75 Å². The van der Waals surface area contributed by atoms with Crippen molar-refractivity contribution in [2.75, 3.05) is 18.6 Å². The first-order chi connectivity index (χ1) is 10.7. The van der Waals surface area contributed by atoms with Crippen LogP contribution in [0.15, 0.2) is 29.4 Å². The number of benzene rings is 1. The van der Waals surface area contributed by atoms with Gasteiger partial charge in [-0.15, -0.1) is 5.10 Å². The van der Waals surface area contributed by atoms with Gasteiger partial charge in [-0.3, -0.25) is 5.43 Å². The van der Waals surface area contributed by atoms with E-state index >= 15 is 0 Å². The summed E-state index contributed by atoms with van der Waals surface area (Å²) in [6, 6.07) is 7.49. The van der Waals surface area contributed by atoms with Crippen LogP contribution in [0.5, 0.6) is 5.75 Å². The summed E-state index contributed by atoms with van der Waals surface area (Å²) >= 11 is 1.04. The van der Waals surface area contributed by atoms with Crippen LogP contribution in [-0.4, -0.2) is 35.0 Å². The fourth-order valence-electron chi connectivity index (χ4n) is 1.58. The van der Waals surface area contributed by atoms with Gasteiger partial charge in [0.1, 0.15) is 5.75 Å². The maximum absolute atomic E-state index is 11.6. The molecular weight excluding hydrogens is 304 g/mol. The van der Waals surface area contributed by atoms with Crippen LogP contribution in [0.2, 0.25) is 0 Å². The molecule has 0 bridgehead atoms. The van der Waals surface area contributed by atoms with Crippen LogP contribution >= 0.6 is 11.5 Å². The number of hydrogen-bond donors (Lipinski definition) is 1. The van der Waals surface area contributed by atoms with Crippen molar-refractivity contribution in [2.24, 2.45) is 5.10 Å². The number of aromatic nitrogens is 2. The largest absolute Gasteiger partial charge is 0.494 e. The molecule has 0 unspecified atom stereocenters. The number of esters is 1. The molecule has 0 saturated carbocycles. The van der Waals surface area contributed by atoms with Gasteiger partial charge in [-0.05, 0) is 43.7 Å². The fourth-order valence-corrected chi connectivity index (χ4v) is 2.09. The fraction of sp³-hybridized carbons (Fsp3) is 0.286. The number of ether oxygens (including phenoxy) is 2. The van der Waals surface area contributed by atoms with Crippen molar-refractivity contribution in [3.05, 3.63) is 35.5 Å². The van der Waals surface area contributed by atoms with E-state index in [0.717, 1.165) is 22.8 Å². The van der Waals surface area contributed by atoms with Crippen molar-refractivity contribution >= 4 is 28.7 Å². The van der Waals surface area contributed by atoms with Gasteiger partial charge in [0.25, 0.3) is 0 Å². The first kappa shape index (κ1) is 15.9. The van der Waals surface area contributed by atoms with Gasteiger partial charge in [-0.25, -0.2) is 4.79 Å². The Hall–Kier alpha value is -2.48. The second-order valence-electron chi connectivity index (χ2n) is 4.04. The smallest absolute Gasteiger partial charge is 0.362 e. The van der Waals surface area contributed by atoms with E-state index in [2.05, 4.69) is 20.1 Å². The van der Waals surface area contributed by atoms with Crippen LogP contribution in [0.4, 0.5) is 5.00 Å². The molecule has 0 spiro atoms. The third kappa shape index (κ3) is 4.26. The third-order valence-electron chi connectivity index (χ3n) is 2.53. The highest BCUT2D eigenvalue weighted by Gasteiger charge is 2.17. The van der Waals surface area contributed by atoms with Crippen molar-refractivity contribution < 1.29 is 14.3 Å². The van der Waals surface area contributed by atoms with Crippen LogP contribution in [0.25, 0.3) is 0 Å². The highest BCUT2D eigenvalue weighted by atomic mass is 32.1. The summed E-state index contributed by atoms with van der Waals surface area (Å²) in [6.45, 7) is 4.58. The van der Waals surface area contributed by atoms with Gasteiger partial charge in [0.2, 0.25) is 5.69 Å². The molecule has 0 fully saturated rings. The molecule has 8 heteroatoms. The van der Waals surface area contributed by atoms with E-state index in [0.29, 0.717) is 11.6 Å². The third-order valence-corrected chi connectivity index (χ3v) is 3.16. The second kappa shape index (κ2) is 8.08. The molecule has 116 valence electrons. The first-order valence-corrected chi connectivity index (χ1v) is 7.53. The monoisotopic (exact) mass is 320 g/mol. The van der Waals surface area contributed by atoms with E-state index in [1.807, 2.05) is 31.2 Å². The Morgan fingerprint density at radius 1 is 1.32 bits per heavy atom. The quantitative estimate of drug-likeness (QED) is 0.479. The maximum Gasteiger partial charge on any atom is 0.362 e. The molecule has 0 aliphatic carbocycles. The van der Waals surface area contributed by atoms with Gasteiger partial charge in [-0.1, -0.05) is 4.49 Å². The molecule has 2 aromatic rings. The molecule has 1 N–H and O–H groups in total. The summed E-state index contributed by atoms with van der Waals surface area (Å²) < 4.78 is 14.0. The van der Waals surface area contributed by atoms with Crippen molar-refractivity contribution in [1.29, 1.82) is 0 Å². The Kier molecular flexibility index (Phi) is 5.84. The number of hydrogen-bond acceptors (Lipinski definition) is 8. The molecule has 22 heavy (non-hydrogen) atoms. The van der Waals surface area contributed by atoms with Crippen LogP contribution in [-0.2, 0) is 4.74 Å². The van der Waals surface area contributed by atoms with Crippen molar-refractivity contribution in [2.45, 2.75) is 13.8 Å².